The van der Waals surface area contributed by atoms with Crippen LogP contribution in [0, 0.1) is 11.6 Å². The molecule has 2 heterocycles. The molecule has 2 N–H and O–H groups in total. The molecule has 0 saturated carbocycles. The molecule has 1 unspecified atom stereocenters. The molecule has 1 aromatic heterocycles. The largest absolute Gasteiger partial charge is 0.494 e. The number of ether oxygens (including phenoxy) is 5. The van der Waals surface area contributed by atoms with Crippen LogP contribution in [0.25, 0.3) is 0 Å². The van der Waals surface area contributed by atoms with Crippen molar-refractivity contribution in [3.63, 3.8) is 0 Å². The number of amidine groups is 1. The molecule has 0 aliphatic carbocycles. The molecule has 3 rings (SSSR count). The summed E-state index contributed by atoms with van der Waals surface area (Å²) in [6.45, 7) is 0.576. The smallest absolute Gasteiger partial charge is 0.251 e. The Hall–Kier alpha value is -3.51. The number of rotatable bonds is 11. The van der Waals surface area contributed by atoms with Gasteiger partial charge in [-0.25, -0.2) is 18.7 Å². The summed E-state index contributed by atoms with van der Waals surface area (Å²) in [6, 6.07) is 1.13. The highest BCUT2D eigenvalue weighted by atomic mass is 19.1. The molecule has 0 spiro atoms. The van der Waals surface area contributed by atoms with E-state index >= 15 is 0 Å². The second-order valence-corrected chi connectivity index (χ2v) is 8.07. The molecular formula is C24H31F2N5O5. The fraction of sp³-hybridized carbons (Fsp3) is 0.458. The zero-order chi connectivity index (χ0) is 26.1. The van der Waals surface area contributed by atoms with E-state index < -0.39 is 18.2 Å². The minimum Gasteiger partial charge on any atom is -0.494 e. The summed E-state index contributed by atoms with van der Waals surface area (Å²) in [7, 11) is 6.29. The van der Waals surface area contributed by atoms with Gasteiger partial charge in [-0.2, -0.15) is 4.99 Å². The zero-order valence-electron chi connectivity index (χ0n) is 20.8. The Kier molecular flexibility index (Phi) is 9.77. The maximum Gasteiger partial charge on any atom is 0.251 e. The van der Waals surface area contributed by atoms with Crippen LogP contribution in [0.4, 0.5) is 14.7 Å². The van der Waals surface area contributed by atoms with E-state index in [1.165, 1.54) is 26.6 Å². The van der Waals surface area contributed by atoms with E-state index in [0.717, 1.165) is 31.0 Å². The van der Waals surface area contributed by atoms with Crippen LogP contribution in [0.5, 0.6) is 17.2 Å². The molecule has 0 radical (unpaired) electrons. The Morgan fingerprint density at radius 2 is 1.83 bits per heavy atom. The van der Waals surface area contributed by atoms with Crippen molar-refractivity contribution in [2.45, 2.75) is 32.2 Å². The normalized spacial score (nSPS) is 16.6. The molecule has 10 nitrogen and oxygen atoms in total. The van der Waals surface area contributed by atoms with E-state index in [0.29, 0.717) is 13.2 Å². The van der Waals surface area contributed by atoms with Gasteiger partial charge in [0.15, 0.2) is 35.2 Å². The number of hydrogen-bond donors (Lipinski definition) is 1. The highest BCUT2D eigenvalue weighted by molar-refractivity contribution is 5.93. The van der Waals surface area contributed by atoms with Gasteiger partial charge in [0.25, 0.3) is 5.95 Å². The summed E-state index contributed by atoms with van der Waals surface area (Å²) in [6.07, 6.45) is 7.07. The Labute approximate surface area is 208 Å². The van der Waals surface area contributed by atoms with Crippen LogP contribution in [0.15, 0.2) is 35.2 Å². The maximum atomic E-state index is 14.5. The van der Waals surface area contributed by atoms with Gasteiger partial charge in [-0.1, -0.05) is 0 Å². The van der Waals surface area contributed by atoms with E-state index in [9.17, 15) is 8.78 Å². The Bertz CT molecular complexity index is 1050. The van der Waals surface area contributed by atoms with Crippen molar-refractivity contribution >= 4 is 11.8 Å². The number of methoxy groups -OCH3 is 2. The van der Waals surface area contributed by atoms with Crippen molar-refractivity contribution in [1.82, 2.24) is 14.9 Å². The monoisotopic (exact) mass is 507 g/mol. The molecule has 1 aromatic carbocycles. The first-order valence-corrected chi connectivity index (χ1v) is 11.3. The molecular weight excluding hydrogens is 476 g/mol. The van der Waals surface area contributed by atoms with E-state index in [1.54, 1.807) is 6.08 Å². The van der Waals surface area contributed by atoms with E-state index in [4.69, 9.17) is 29.4 Å². The number of benzene rings is 1. The summed E-state index contributed by atoms with van der Waals surface area (Å²) < 4.78 is 55.7. The van der Waals surface area contributed by atoms with Crippen LogP contribution in [0.1, 0.15) is 24.8 Å². The van der Waals surface area contributed by atoms with Gasteiger partial charge in [0, 0.05) is 38.5 Å². The van der Waals surface area contributed by atoms with Crippen molar-refractivity contribution in [1.29, 1.82) is 0 Å². The third kappa shape index (κ3) is 7.25. The molecule has 0 bridgehead atoms. The Morgan fingerprint density at radius 3 is 2.39 bits per heavy atom. The molecule has 1 aliphatic heterocycles. The fourth-order valence-corrected chi connectivity index (χ4v) is 3.30. The summed E-state index contributed by atoms with van der Waals surface area (Å²) in [4.78, 5) is 14.2. The number of aromatic nitrogens is 2. The molecule has 0 amide bonds. The van der Waals surface area contributed by atoms with Gasteiger partial charge in [0.05, 0.1) is 38.8 Å². The van der Waals surface area contributed by atoms with Crippen molar-refractivity contribution in [2.24, 2.45) is 10.7 Å². The van der Waals surface area contributed by atoms with Crippen LogP contribution in [0.2, 0.25) is 0 Å². The van der Waals surface area contributed by atoms with Crippen molar-refractivity contribution in [3.05, 3.63) is 47.4 Å². The molecule has 12 heteroatoms. The Morgan fingerprint density at radius 1 is 1.17 bits per heavy atom. The summed E-state index contributed by atoms with van der Waals surface area (Å²) >= 11 is 0. The summed E-state index contributed by atoms with van der Waals surface area (Å²) in [5.74, 6) is -1.64. The summed E-state index contributed by atoms with van der Waals surface area (Å²) in [5, 5.41) is 0. The number of likely N-dealkylation sites (N-methyl/N-ethyl adjacent to an activating group) is 1. The lowest BCUT2D eigenvalue weighted by Crippen LogP contribution is -2.26. The second kappa shape index (κ2) is 13.0. The average molecular weight is 508 g/mol. The van der Waals surface area contributed by atoms with Gasteiger partial charge in [0.1, 0.15) is 12.4 Å². The minimum atomic E-state index is -0.881. The number of nitrogens with zero attached hydrogens (tertiary/aromatic N) is 4. The van der Waals surface area contributed by atoms with Gasteiger partial charge in [-0.05, 0) is 19.3 Å². The van der Waals surface area contributed by atoms with Gasteiger partial charge in [-0.3, -0.25) is 0 Å². The third-order valence-electron chi connectivity index (χ3n) is 5.34. The van der Waals surface area contributed by atoms with Crippen LogP contribution < -0.4 is 19.9 Å². The number of hydrogen-bond acceptors (Lipinski definition) is 9. The summed E-state index contributed by atoms with van der Waals surface area (Å²) in [5.41, 5.74) is 6.50. The molecule has 36 heavy (non-hydrogen) atoms. The quantitative estimate of drug-likeness (QED) is 0.361. The zero-order valence-corrected chi connectivity index (χ0v) is 20.8. The lowest BCUT2D eigenvalue weighted by Gasteiger charge is -2.25. The molecule has 2 aromatic rings. The number of halogens is 2. The van der Waals surface area contributed by atoms with Gasteiger partial charge in [0.2, 0.25) is 0 Å². The van der Waals surface area contributed by atoms with Crippen LogP contribution in [-0.4, -0.2) is 68.5 Å². The Balaban J connectivity index is 1.64. The molecule has 1 saturated heterocycles. The minimum absolute atomic E-state index is 0.0890. The van der Waals surface area contributed by atoms with Crippen LogP contribution in [-0.2, 0) is 16.1 Å². The highest BCUT2D eigenvalue weighted by Gasteiger charge is 2.20. The molecule has 1 atom stereocenters. The van der Waals surface area contributed by atoms with Crippen molar-refractivity contribution < 1.29 is 32.5 Å². The third-order valence-corrected chi connectivity index (χ3v) is 5.34. The molecule has 1 fully saturated rings. The predicted molar refractivity (Wildman–Crippen MR) is 128 cm³/mol. The van der Waals surface area contributed by atoms with E-state index in [1.807, 2.05) is 19.0 Å². The number of aliphatic imine (C=N–C) groups is 1. The van der Waals surface area contributed by atoms with Gasteiger partial charge >= 0.3 is 0 Å². The SMILES string of the molecule is COc1cc(OC)c(F)c(COc2cnc(N=C(N)/C=C(/COC3CCCCO3)N(C)C)nc2)c1F. The van der Waals surface area contributed by atoms with E-state index in [-0.39, 0.29) is 40.9 Å². The predicted octanol–water partition coefficient (Wildman–Crippen LogP) is 3.33. The van der Waals surface area contributed by atoms with Crippen molar-refractivity contribution in [2.75, 3.05) is 41.5 Å². The molecule has 1 aliphatic rings. The average Bonchev–Trinajstić information content (AvgIpc) is 2.88. The second-order valence-electron chi connectivity index (χ2n) is 8.07. The molecule has 196 valence electrons. The fourth-order valence-electron chi connectivity index (χ4n) is 3.30. The topological polar surface area (TPSA) is 114 Å². The standard InChI is InChI=1S/C24H31F2N5O5/c1-31(2)15(13-36-21-7-5-6-8-34-21)9-20(27)30-24-28-11-16(12-29-24)35-14-17-22(25)18(32-3)10-19(33-4)23(17)26/h9-12,21H,5-8,13-14H2,1-4H3,(H2,27,28,29,30)/b15-9-. The number of nitrogens with two attached hydrogens (primary N) is 1. The van der Waals surface area contributed by atoms with E-state index in [2.05, 4.69) is 15.0 Å². The van der Waals surface area contributed by atoms with Crippen LogP contribution >= 0.6 is 0 Å². The maximum absolute atomic E-state index is 14.5. The van der Waals surface area contributed by atoms with Gasteiger partial charge in [-0.15, -0.1) is 0 Å². The first-order chi connectivity index (χ1) is 17.3. The first-order valence-electron chi connectivity index (χ1n) is 11.3. The van der Waals surface area contributed by atoms with Crippen molar-refractivity contribution in [3.8, 4) is 17.2 Å². The van der Waals surface area contributed by atoms with Gasteiger partial charge < -0.3 is 34.3 Å². The lowest BCUT2D eigenvalue weighted by molar-refractivity contribution is -0.158. The first kappa shape index (κ1) is 27.1. The lowest BCUT2D eigenvalue weighted by atomic mass is 10.1. The van der Waals surface area contributed by atoms with Crippen LogP contribution in [0.3, 0.4) is 0 Å². The highest BCUT2D eigenvalue weighted by Crippen LogP contribution is 2.32.